The summed E-state index contributed by atoms with van der Waals surface area (Å²) in [5, 5.41) is 0. The Kier molecular flexibility index (Phi) is 11.4. The third kappa shape index (κ3) is 8.78. The number of H-pyrrole nitrogens is 1. The van der Waals surface area contributed by atoms with Crippen molar-refractivity contribution >= 4 is 0 Å². The van der Waals surface area contributed by atoms with Crippen LogP contribution in [-0.2, 0) is 0 Å². The Morgan fingerprint density at radius 2 is 1.77 bits per heavy atom. The molecule has 4 nitrogen and oxygen atoms in total. The van der Waals surface area contributed by atoms with Crippen LogP contribution in [0.25, 0.3) is 0 Å². The predicted octanol–water partition coefficient (Wildman–Crippen LogP) is 3.77. The van der Waals surface area contributed by atoms with Crippen molar-refractivity contribution in [2.75, 3.05) is 19.6 Å². The molecule has 1 aliphatic heterocycles. The molecule has 1 fully saturated rings. The van der Waals surface area contributed by atoms with Gasteiger partial charge in [0.2, 0.25) is 0 Å². The SMILES string of the molecule is C=CC.CCCN1CCCCC1.Cc1nc(=O)[nH]c(C)c1C. The molecule has 1 N–H and O–H groups in total. The van der Waals surface area contributed by atoms with Gasteiger partial charge in [0.25, 0.3) is 0 Å². The van der Waals surface area contributed by atoms with E-state index in [9.17, 15) is 4.79 Å². The van der Waals surface area contributed by atoms with Gasteiger partial charge in [0, 0.05) is 11.4 Å². The van der Waals surface area contributed by atoms with Crippen LogP contribution in [0.4, 0.5) is 0 Å². The molecule has 0 aromatic carbocycles. The number of likely N-dealkylation sites (tertiary alicyclic amines) is 1. The highest BCUT2D eigenvalue weighted by atomic mass is 16.1. The van der Waals surface area contributed by atoms with E-state index < -0.39 is 0 Å². The molecule has 1 saturated heterocycles. The zero-order valence-electron chi connectivity index (χ0n) is 15.0. The highest BCUT2D eigenvalue weighted by molar-refractivity contribution is 5.19. The van der Waals surface area contributed by atoms with Gasteiger partial charge in [-0.15, -0.1) is 6.58 Å². The molecule has 2 heterocycles. The summed E-state index contributed by atoms with van der Waals surface area (Å²) in [5.41, 5.74) is 2.50. The normalized spacial score (nSPS) is 14.2. The van der Waals surface area contributed by atoms with Gasteiger partial charge in [-0.3, -0.25) is 0 Å². The van der Waals surface area contributed by atoms with Gasteiger partial charge in [-0.25, -0.2) is 4.79 Å². The highest BCUT2D eigenvalue weighted by Crippen LogP contribution is 2.08. The van der Waals surface area contributed by atoms with Crippen LogP contribution in [0.3, 0.4) is 0 Å². The summed E-state index contributed by atoms with van der Waals surface area (Å²) >= 11 is 0. The highest BCUT2D eigenvalue weighted by Gasteiger charge is 2.07. The van der Waals surface area contributed by atoms with Crippen molar-refractivity contribution in [3.05, 3.63) is 40.1 Å². The van der Waals surface area contributed by atoms with Crippen LogP contribution in [0, 0.1) is 20.8 Å². The average Bonchev–Trinajstić information content (AvgIpc) is 2.48. The molecule has 0 atom stereocenters. The average molecular weight is 307 g/mol. The molecule has 1 aromatic rings. The molecular formula is C18H33N3O. The zero-order chi connectivity index (χ0) is 17.0. The Morgan fingerprint density at radius 3 is 2.23 bits per heavy atom. The van der Waals surface area contributed by atoms with Gasteiger partial charge >= 0.3 is 5.69 Å². The van der Waals surface area contributed by atoms with Crippen LogP contribution < -0.4 is 5.69 Å². The molecule has 1 aliphatic rings. The van der Waals surface area contributed by atoms with Crippen LogP contribution in [0.5, 0.6) is 0 Å². The van der Waals surface area contributed by atoms with E-state index in [1.165, 1.54) is 45.3 Å². The standard InChI is InChI=1S/C8H17N.C7H10N2O.C3H6/c1-2-6-9-7-4-3-5-8-9;1-4-5(2)8-7(10)9-6(4)3;1-3-2/h2-8H2,1H3;1-3H3,(H,8,9,10);3H,1H2,2H3. The van der Waals surface area contributed by atoms with Crippen molar-refractivity contribution in [2.45, 2.75) is 60.3 Å². The summed E-state index contributed by atoms with van der Waals surface area (Å²) in [5.74, 6) is 0. The molecule has 4 heteroatoms. The summed E-state index contributed by atoms with van der Waals surface area (Å²) < 4.78 is 0. The first-order valence-corrected chi connectivity index (χ1v) is 8.29. The number of hydrogen-bond acceptors (Lipinski definition) is 3. The summed E-state index contributed by atoms with van der Waals surface area (Å²) in [6.07, 6.45) is 7.39. The molecule has 0 unspecified atom stereocenters. The molecule has 0 amide bonds. The summed E-state index contributed by atoms with van der Waals surface area (Å²) in [4.78, 5) is 19.6. The molecule has 0 radical (unpaired) electrons. The molecule has 0 bridgehead atoms. The summed E-state index contributed by atoms with van der Waals surface area (Å²) in [6.45, 7) is 17.2. The molecule has 1 aromatic heterocycles. The quantitative estimate of drug-likeness (QED) is 0.846. The van der Waals surface area contributed by atoms with Crippen molar-refractivity contribution in [3.8, 4) is 0 Å². The fourth-order valence-corrected chi connectivity index (χ4v) is 2.29. The Balaban J connectivity index is 0.000000342. The second kappa shape index (κ2) is 12.2. The number of aryl methyl sites for hydroxylation is 2. The fraction of sp³-hybridized carbons (Fsp3) is 0.667. The molecular weight excluding hydrogens is 274 g/mol. The lowest BCUT2D eigenvalue weighted by molar-refractivity contribution is 0.229. The lowest BCUT2D eigenvalue weighted by Crippen LogP contribution is -2.30. The number of aromatic nitrogens is 2. The maximum Gasteiger partial charge on any atom is 0.345 e. The Hall–Kier alpha value is -1.42. The number of nitrogens with zero attached hydrogens (tertiary/aromatic N) is 2. The van der Waals surface area contributed by atoms with Gasteiger partial charge in [-0.2, -0.15) is 4.98 Å². The van der Waals surface area contributed by atoms with E-state index in [1.807, 2.05) is 27.7 Å². The Labute approximate surface area is 135 Å². The van der Waals surface area contributed by atoms with Crippen LogP contribution in [0.2, 0.25) is 0 Å². The predicted molar refractivity (Wildman–Crippen MR) is 95.5 cm³/mol. The minimum atomic E-state index is -0.263. The maximum atomic E-state index is 10.7. The van der Waals surface area contributed by atoms with Crippen LogP contribution in [-0.4, -0.2) is 34.5 Å². The second-order valence-electron chi connectivity index (χ2n) is 5.69. The summed E-state index contributed by atoms with van der Waals surface area (Å²) in [6, 6.07) is 0. The number of rotatable bonds is 2. The van der Waals surface area contributed by atoms with E-state index in [4.69, 9.17) is 0 Å². The van der Waals surface area contributed by atoms with E-state index in [0.717, 1.165) is 17.0 Å². The van der Waals surface area contributed by atoms with E-state index >= 15 is 0 Å². The Bertz CT molecular complexity index is 445. The first kappa shape index (κ1) is 20.6. The van der Waals surface area contributed by atoms with E-state index in [0.29, 0.717) is 0 Å². The third-order valence-electron chi connectivity index (χ3n) is 3.66. The van der Waals surface area contributed by atoms with Crippen LogP contribution in [0.15, 0.2) is 17.4 Å². The van der Waals surface area contributed by atoms with Crippen LogP contribution >= 0.6 is 0 Å². The third-order valence-corrected chi connectivity index (χ3v) is 3.66. The molecule has 0 aliphatic carbocycles. The number of allylic oxidation sites excluding steroid dienone is 1. The molecule has 0 saturated carbocycles. The monoisotopic (exact) mass is 307 g/mol. The first-order valence-electron chi connectivity index (χ1n) is 8.29. The minimum absolute atomic E-state index is 0.263. The van der Waals surface area contributed by atoms with Gasteiger partial charge in [-0.05, 0) is 72.2 Å². The molecule has 0 spiro atoms. The lowest BCUT2D eigenvalue weighted by atomic mass is 10.1. The fourth-order valence-electron chi connectivity index (χ4n) is 2.29. The van der Waals surface area contributed by atoms with Gasteiger partial charge in [-0.1, -0.05) is 19.4 Å². The smallest absolute Gasteiger partial charge is 0.310 e. The molecule has 22 heavy (non-hydrogen) atoms. The van der Waals surface area contributed by atoms with Crippen molar-refractivity contribution in [1.29, 1.82) is 0 Å². The van der Waals surface area contributed by atoms with Crippen molar-refractivity contribution < 1.29 is 0 Å². The second-order valence-corrected chi connectivity index (χ2v) is 5.69. The number of aromatic amines is 1. The lowest BCUT2D eigenvalue weighted by Gasteiger charge is -2.25. The maximum absolute atomic E-state index is 10.7. The van der Waals surface area contributed by atoms with E-state index in [1.54, 1.807) is 6.08 Å². The largest absolute Gasteiger partial charge is 0.345 e. The summed E-state index contributed by atoms with van der Waals surface area (Å²) in [7, 11) is 0. The van der Waals surface area contributed by atoms with Gasteiger partial charge in [0.05, 0.1) is 0 Å². The zero-order valence-corrected chi connectivity index (χ0v) is 15.0. The van der Waals surface area contributed by atoms with E-state index in [2.05, 4.69) is 28.4 Å². The molecule has 2 rings (SSSR count). The van der Waals surface area contributed by atoms with Gasteiger partial charge < -0.3 is 9.88 Å². The van der Waals surface area contributed by atoms with Gasteiger partial charge in [0.15, 0.2) is 0 Å². The Morgan fingerprint density at radius 1 is 1.23 bits per heavy atom. The van der Waals surface area contributed by atoms with Crippen molar-refractivity contribution in [2.24, 2.45) is 0 Å². The molecule has 126 valence electrons. The van der Waals surface area contributed by atoms with Crippen LogP contribution in [0.1, 0.15) is 56.5 Å². The number of piperidine rings is 1. The number of hydrogen-bond donors (Lipinski definition) is 1. The minimum Gasteiger partial charge on any atom is -0.310 e. The van der Waals surface area contributed by atoms with E-state index in [-0.39, 0.29) is 5.69 Å². The topological polar surface area (TPSA) is 49.0 Å². The van der Waals surface area contributed by atoms with Crippen molar-refractivity contribution in [3.63, 3.8) is 0 Å². The van der Waals surface area contributed by atoms with Crippen molar-refractivity contribution in [1.82, 2.24) is 14.9 Å². The number of nitrogens with one attached hydrogen (secondary N) is 1. The van der Waals surface area contributed by atoms with Gasteiger partial charge in [0.1, 0.15) is 0 Å². The first-order chi connectivity index (χ1) is 10.5.